The van der Waals surface area contributed by atoms with Gasteiger partial charge in [0.1, 0.15) is 0 Å². The molecule has 0 N–H and O–H groups in total. The second kappa shape index (κ2) is 9.99. The molecule has 5 rings (SSSR count). The number of halogens is 3. The minimum absolute atomic E-state index is 0.00221. The Morgan fingerprint density at radius 1 is 1.06 bits per heavy atom. The molecule has 0 aromatic carbocycles. The van der Waals surface area contributed by atoms with E-state index in [1.165, 1.54) is 0 Å². The number of hydrogen-bond acceptors (Lipinski definition) is 8. The highest BCUT2D eigenvalue weighted by atomic mass is 19.4. The average molecular weight is 507 g/mol. The van der Waals surface area contributed by atoms with Gasteiger partial charge in [-0.15, -0.1) is 0 Å². The van der Waals surface area contributed by atoms with Crippen molar-refractivity contribution in [3.8, 4) is 0 Å². The quantitative estimate of drug-likeness (QED) is 0.215. The summed E-state index contributed by atoms with van der Waals surface area (Å²) in [6.45, 7) is 5.77. The van der Waals surface area contributed by atoms with E-state index in [4.69, 9.17) is 28.7 Å². The van der Waals surface area contributed by atoms with Gasteiger partial charge in [-0.2, -0.15) is 13.2 Å². The van der Waals surface area contributed by atoms with Crippen molar-refractivity contribution < 1.29 is 51.5 Å². The van der Waals surface area contributed by atoms with Crippen molar-refractivity contribution in [1.82, 2.24) is 0 Å². The lowest BCUT2D eigenvalue weighted by atomic mass is 9.58. The third kappa shape index (κ3) is 5.52. The third-order valence-corrected chi connectivity index (χ3v) is 7.73. The van der Waals surface area contributed by atoms with Crippen LogP contribution in [0, 0.1) is 23.7 Å². The van der Waals surface area contributed by atoms with Crippen LogP contribution in [0.15, 0.2) is 12.2 Å². The molecule has 0 aromatic rings. The fourth-order valence-corrected chi connectivity index (χ4v) is 5.93. The summed E-state index contributed by atoms with van der Waals surface area (Å²) in [6.07, 6.45) is -2.18. The molecule has 4 saturated heterocycles. The fourth-order valence-electron chi connectivity index (χ4n) is 5.93. The van der Waals surface area contributed by atoms with Gasteiger partial charge in [0.25, 0.3) is 0 Å². The molecular formula is C24H33F3O8. The van der Waals surface area contributed by atoms with Crippen LogP contribution in [0.2, 0.25) is 0 Å². The minimum atomic E-state index is -4.40. The van der Waals surface area contributed by atoms with Gasteiger partial charge in [0.2, 0.25) is 12.1 Å². The van der Waals surface area contributed by atoms with Crippen LogP contribution in [0.4, 0.5) is 13.2 Å². The standard InChI is InChI=1S/C24H33F3O8/c1-14-6-7-17-15(2)20(32-21-24(17)16(14)10-12-22(3,33-21)34-35-24)31-19(29)9-8-18(28)30-13-5-4-11-23(25,26)27/h4,11,14-17,20-21H,5-10,12-13H2,1-3H3/b11-4-/t14-,15-,16?,17+,20-,21-,22?,24-/m1/s1. The van der Waals surface area contributed by atoms with Gasteiger partial charge in [-0.3, -0.25) is 9.59 Å². The summed E-state index contributed by atoms with van der Waals surface area (Å²) >= 11 is 0. The third-order valence-electron chi connectivity index (χ3n) is 7.73. The summed E-state index contributed by atoms with van der Waals surface area (Å²) in [5.74, 6) is -1.85. The van der Waals surface area contributed by atoms with Crippen LogP contribution >= 0.6 is 0 Å². The summed E-state index contributed by atoms with van der Waals surface area (Å²) in [6, 6.07) is 0. The van der Waals surface area contributed by atoms with E-state index in [1.54, 1.807) is 0 Å². The van der Waals surface area contributed by atoms with Crippen LogP contribution in [-0.2, 0) is 38.3 Å². The molecule has 35 heavy (non-hydrogen) atoms. The maximum atomic E-state index is 12.5. The monoisotopic (exact) mass is 506 g/mol. The van der Waals surface area contributed by atoms with Crippen molar-refractivity contribution in [2.24, 2.45) is 23.7 Å². The highest BCUT2D eigenvalue weighted by Crippen LogP contribution is 2.60. The van der Waals surface area contributed by atoms with Crippen molar-refractivity contribution >= 4 is 11.9 Å². The zero-order valence-electron chi connectivity index (χ0n) is 20.2. The maximum absolute atomic E-state index is 12.5. The molecule has 1 aliphatic carbocycles. The molecule has 1 spiro atoms. The van der Waals surface area contributed by atoms with Crippen LogP contribution in [0.25, 0.3) is 0 Å². The molecule has 1 saturated carbocycles. The van der Waals surface area contributed by atoms with E-state index in [9.17, 15) is 22.8 Å². The molecule has 0 radical (unpaired) electrons. The van der Waals surface area contributed by atoms with Crippen molar-refractivity contribution in [3.63, 3.8) is 0 Å². The first-order valence-electron chi connectivity index (χ1n) is 12.2. The summed E-state index contributed by atoms with van der Waals surface area (Å²) in [7, 11) is 0. The molecule has 5 fully saturated rings. The van der Waals surface area contributed by atoms with Gasteiger partial charge in [0, 0.05) is 24.3 Å². The Morgan fingerprint density at radius 3 is 2.54 bits per heavy atom. The number of carbonyl (C=O) groups is 2. The molecule has 4 heterocycles. The van der Waals surface area contributed by atoms with Crippen LogP contribution in [-0.4, -0.2) is 48.7 Å². The Hall–Kier alpha value is -1.69. The van der Waals surface area contributed by atoms with Crippen molar-refractivity contribution in [2.75, 3.05) is 6.61 Å². The SMILES string of the molecule is C[C@H]1[C@H](OC(=O)CCC(=O)OCC/C=C\C(F)(F)F)O[C@@H]2OC3(C)CCC4[C@H](C)CC[C@@H]1[C@]42OO3. The number of alkyl halides is 3. The van der Waals surface area contributed by atoms with E-state index >= 15 is 0 Å². The van der Waals surface area contributed by atoms with Gasteiger partial charge in [-0.25, -0.2) is 9.78 Å². The van der Waals surface area contributed by atoms with Gasteiger partial charge in [0.05, 0.1) is 19.4 Å². The fraction of sp³-hybridized carbons (Fsp3) is 0.833. The number of hydrogen-bond donors (Lipinski definition) is 0. The van der Waals surface area contributed by atoms with Crippen molar-refractivity contribution in [1.29, 1.82) is 0 Å². The van der Waals surface area contributed by atoms with Gasteiger partial charge in [-0.05, 0) is 44.4 Å². The molecule has 2 bridgehead atoms. The lowest BCUT2D eigenvalue weighted by molar-refractivity contribution is -0.576. The first kappa shape index (κ1) is 26.4. The number of carbonyl (C=O) groups excluding carboxylic acids is 2. The van der Waals surface area contributed by atoms with Gasteiger partial charge in [0.15, 0.2) is 11.9 Å². The smallest absolute Gasteiger partial charge is 0.409 e. The van der Waals surface area contributed by atoms with E-state index in [0.717, 1.165) is 25.3 Å². The zero-order chi connectivity index (χ0) is 25.4. The Morgan fingerprint density at radius 2 is 1.80 bits per heavy atom. The molecule has 0 amide bonds. The van der Waals surface area contributed by atoms with E-state index in [1.807, 2.05) is 13.8 Å². The second-order valence-corrected chi connectivity index (χ2v) is 10.2. The van der Waals surface area contributed by atoms with Crippen LogP contribution in [0.1, 0.15) is 65.7 Å². The molecule has 0 aromatic heterocycles. The number of ether oxygens (including phenoxy) is 4. The highest BCUT2D eigenvalue weighted by Gasteiger charge is 2.69. The summed E-state index contributed by atoms with van der Waals surface area (Å²) in [5.41, 5.74) is -0.764. The van der Waals surface area contributed by atoms with E-state index in [0.29, 0.717) is 12.3 Å². The molecule has 4 aliphatic heterocycles. The number of esters is 2. The Balaban J connectivity index is 1.31. The summed E-state index contributed by atoms with van der Waals surface area (Å²) in [4.78, 5) is 36.1. The normalized spacial score (nSPS) is 40.7. The number of rotatable bonds is 7. The van der Waals surface area contributed by atoms with Crippen LogP contribution < -0.4 is 0 Å². The van der Waals surface area contributed by atoms with Crippen LogP contribution in [0.5, 0.6) is 0 Å². The summed E-state index contributed by atoms with van der Waals surface area (Å²) in [5, 5.41) is 0. The van der Waals surface area contributed by atoms with Gasteiger partial charge in [-0.1, -0.05) is 19.9 Å². The number of allylic oxidation sites excluding steroid dienone is 1. The first-order chi connectivity index (χ1) is 16.4. The molecule has 8 nitrogen and oxygen atoms in total. The van der Waals surface area contributed by atoms with E-state index in [-0.39, 0.29) is 49.7 Å². The topological polar surface area (TPSA) is 89.5 Å². The van der Waals surface area contributed by atoms with Crippen LogP contribution in [0.3, 0.4) is 0 Å². The average Bonchev–Trinajstić information content (AvgIpc) is 3.01. The molecule has 198 valence electrons. The minimum Gasteiger partial charge on any atom is -0.465 e. The Labute approximate surface area is 202 Å². The highest BCUT2D eigenvalue weighted by molar-refractivity contribution is 5.77. The zero-order valence-corrected chi connectivity index (χ0v) is 20.2. The molecule has 2 unspecified atom stereocenters. The largest absolute Gasteiger partial charge is 0.465 e. The molecule has 11 heteroatoms. The lowest BCUT2D eigenvalue weighted by Crippen LogP contribution is -2.70. The molecular weight excluding hydrogens is 473 g/mol. The molecule has 5 aliphatic rings. The molecule has 8 atom stereocenters. The Kier molecular flexibility index (Phi) is 7.53. The summed E-state index contributed by atoms with van der Waals surface area (Å²) < 4.78 is 59.0. The lowest BCUT2D eigenvalue weighted by Gasteiger charge is -2.59. The van der Waals surface area contributed by atoms with Gasteiger partial charge < -0.3 is 18.9 Å². The predicted molar refractivity (Wildman–Crippen MR) is 113 cm³/mol. The first-order valence-corrected chi connectivity index (χ1v) is 12.2. The predicted octanol–water partition coefficient (Wildman–Crippen LogP) is 4.57. The second-order valence-electron chi connectivity index (χ2n) is 10.2. The van der Waals surface area contributed by atoms with E-state index in [2.05, 4.69) is 6.92 Å². The maximum Gasteiger partial charge on any atom is 0.409 e. The van der Waals surface area contributed by atoms with E-state index < -0.39 is 42.1 Å². The van der Waals surface area contributed by atoms with Crippen molar-refractivity contribution in [3.05, 3.63) is 12.2 Å². The number of fused-ring (bicyclic) bond motifs is 2. The van der Waals surface area contributed by atoms with Gasteiger partial charge >= 0.3 is 18.1 Å². The Bertz CT molecular complexity index is 832. The van der Waals surface area contributed by atoms with Crippen molar-refractivity contribution in [2.45, 2.75) is 95.9 Å².